The largest absolute Gasteiger partial charge is 0.356 e. The molecule has 0 aromatic heterocycles. The van der Waals surface area contributed by atoms with Crippen molar-refractivity contribution < 1.29 is 12.8 Å². The fraction of sp³-hybridized carbons (Fsp3) is 0.667. The van der Waals surface area contributed by atoms with Gasteiger partial charge < -0.3 is 10.6 Å². The highest BCUT2D eigenvalue weighted by Crippen LogP contribution is 2.20. The van der Waals surface area contributed by atoms with Crippen LogP contribution in [0.25, 0.3) is 0 Å². The average Bonchev–Trinajstić information content (AvgIpc) is 2.66. The summed E-state index contributed by atoms with van der Waals surface area (Å²) in [6.07, 6.45) is 3.91. The first-order valence-electron chi connectivity index (χ1n) is 10.2. The summed E-state index contributed by atoms with van der Waals surface area (Å²) in [5.41, 5.74) is 0.991. The van der Waals surface area contributed by atoms with E-state index in [2.05, 4.69) is 34.4 Å². The molecule has 2 rings (SSSR count). The van der Waals surface area contributed by atoms with E-state index >= 15 is 0 Å². The summed E-state index contributed by atoms with van der Waals surface area (Å²) in [5.74, 6) is 0.754. The Kier molecular flexibility index (Phi) is 8.46. The minimum absolute atomic E-state index is 0.140. The molecule has 0 amide bonds. The van der Waals surface area contributed by atoms with Gasteiger partial charge in [-0.1, -0.05) is 26.0 Å². The lowest BCUT2D eigenvalue weighted by molar-refractivity contribution is 0.198. The molecule has 0 unspecified atom stereocenters. The zero-order valence-corrected chi connectivity index (χ0v) is 18.9. The van der Waals surface area contributed by atoms with Gasteiger partial charge in [0.25, 0.3) is 0 Å². The third-order valence-corrected chi connectivity index (χ3v) is 6.30. The molecule has 2 N–H and O–H groups in total. The molecule has 0 bridgehead atoms. The third kappa shape index (κ3) is 9.12. The Morgan fingerprint density at radius 1 is 1.24 bits per heavy atom. The second kappa shape index (κ2) is 10.4. The number of halogens is 1. The predicted molar refractivity (Wildman–Crippen MR) is 117 cm³/mol. The van der Waals surface area contributed by atoms with Crippen LogP contribution in [0.2, 0.25) is 0 Å². The van der Waals surface area contributed by atoms with Crippen LogP contribution in [0, 0.1) is 11.2 Å². The summed E-state index contributed by atoms with van der Waals surface area (Å²) in [6.45, 7) is 7.58. The highest BCUT2D eigenvalue weighted by molar-refractivity contribution is 7.90. The van der Waals surface area contributed by atoms with Crippen molar-refractivity contribution in [2.75, 3.05) is 38.7 Å². The summed E-state index contributed by atoms with van der Waals surface area (Å²) >= 11 is 0. The number of likely N-dealkylation sites (tertiary alicyclic amines) is 1. The minimum atomic E-state index is -2.95. The van der Waals surface area contributed by atoms with E-state index in [1.807, 2.05) is 12.1 Å². The van der Waals surface area contributed by atoms with Crippen LogP contribution in [-0.2, 0) is 16.4 Å². The van der Waals surface area contributed by atoms with E-state index < -0.39 is 9.84 Å². The van der Waals surface area contributed by atoms with Gasteiger partial charge in [0.15, 0.2) is 5.96 Å². The van der Waals surface area contributed by atoms with Gasteiger partial charge in [-0.2, -0.15) is 0 Å². The van der Waals surface area contributed by atoms with Gasteiger partial charge in [-0.15, -0.1) is 0 Å². The van der Waals surface area contributed by atoms with Crippen LogP contribution in [0.4, 0.5) is 4.39 Å². The molecule has 6 nitrogen and oxygen atoms in total. The molecule has 1 aliphatic heterocycles. The van der Waals surface area contributed by atoms with Crippen LogP contribution in [0.5, 0.6) is 0 Å². The van der Waals surface area contributed by atoms with E-state index in [1.165, 1.54) is 18.4 Å². The predicted octanol–water partition coefficient (Wildman–Crippen LogP) is 2.42. The molecule has 1 aromatic rings. The number of benzene rings is 1. The second-order valence-electron chi connectivity index (χ2n) is 8.79. The Balaban J connectivity index is 1.74. The molecule has 1 saturated heterocycles. The van der Waals surface area contributed by atoms with Gasteiger partial charge in [-0.25, -0.2) is 12.8 Å². The first kappa shape index (κ1) is 23.6. The van der Waals surface area contributed by atoms with Crippen molar-refractivity contribution in [1.29, 1.82) is 0 Å². The van der Waals surface area contributed by atoms with Crippen molar-refractivity contribution in [3.8, 4) is 0 Å². The first-order chi connectivity index (χ1) is 13.6. The van der Waals surface area contributed by atoms with Gasteiger partial charge in [0.05, 0.1) is 5.75 Å². The van der Waals surface area contributed by atoms with Gasteiger partial charge >= 0.3 is 0 Å². The number of piperidine rings is 1. The lowest BCUT2D eigenvalue weighted by Crippen LogP contribution is -2.50. The topological polar surface area (TPSA) is 73.8 Å². The summed E-state index contributed by atoms with van der Waals surface area (Å²) in [4.78, 5) is 6.70. The normalized spacial score (nSPS) is 17.3. The molecule has 164 valence electrons. The number of rotatable bonds is 8. The molecule has 1 heterocycles. The van der Waals surface area contributed by atoms with Crippen LogP contribution in [-0.4, -0.2) is 64.0 Å². The van der Waals surface area contributed by atoms with E-state index in [1.54, 1.807) is 7.05 Å². The Labute approximate surface area is 174 Å². The van der Waals surface area contributed by atoms with Gasteiger partial charge in [-0.3, -0.25) is 9.89 Å². The quantitative estimate of drug-likeness (QED) is 0.493. The molecule has 0 saturated carbocycles. The Morgan fingerprint density at radius 3 is 2.41 bits per heavy atom. The SMILES string of the molecule is CN=C(NCC(C)(C)CCS(C)(=O)=O)NC1CCN(Cc2ccc(F)cc2)CC1. The van der Waals surface area contributed by atoms with Crippen molar-refractivity contribution in [3.63, 3.8) is 0 Å². The van der Waals surface area contributed by atoms with E-state index in [0.717, 1.165) is 44.0 Å². The maximum atomic E-state index is 13.0. The molecule has 29 heavy (non-hydrogen) atoms. The molecule has 1 aromatic carbocycles. The number of hydrogen-bond donors (Lipinski definition) is 2. The monoisotopic (exact) mass is 426 g/mol. The van der Waals surface area contributed by atoms with Crippen LogP contribution < -0.4 is 10.6 Å². The highest BCUT2D eigenvalue weighted by Gasteiger charge is 2.23. The zero-order valence-electron chi connectivity index (χ0n) is 18.0. The van der Waals surface area contributed by atoms with Crippen LogP contribution in [0.1, 0.15) is 38.7 Å². The maximum Gasteiger partial charge on any atom is 0.191 e. The van der Waals surface area contributed by atoms with E-state index in [9.17, 15) is 12.8 Å². The third-order valence-electron chi connectivity index (χ3n) is 5.36. The van der Waals surface area contributed by atoms with Crippen molar-refractivity contribution in [2.24, 2.45) is 10.4 Å². The highest BCUT2D eigenvalue weighted by atomic mass is 32.2. The van der Waals surface area contributed by atoms with Crippen molar-refractivity contribution in [2.45, 2.75) is 45.7 Å². The molecular weight excluding hydrogens is 391 g/mol. The van der Waals surface area contributed by atoms with Crippen LogP contribution >= 0.6 is 0 Å². The van der Waals surface area contributed by atoms with Crippen LogP contribution in [0.3, 0.4) is 0 Å². The molecule has 0 spiro atoms. The number of sulfone groups is 1. The van der Waals surface area contributed by atoms with Gasteiger partial charge in [-0.05, 0) is 42.4 Å². The summed E-state index contributed by atoms with van der Waals surface area (Å²) in [5, 5.41) is 6.83. The van der Waals surface area contributed by atoms with Crippen molar-refractivity contribution in [3.05, 3.63) is 35.6 Å². The molecule has 1 aliphatic rings. The molecule has 0 atom stereocenters. The van der Waals surface area contributed by atoms with Gasteiger partial charge in [0.1, 0.15) is 15.7 Å². The summed E-state index contributed by atoms with van der Waals surface area (Å²) < 4.78 is 35.9. The van der Waals surface area contributed by atoms with E-state index in [4.69, 9.17) is 0 Å². The minimum Gasteiger partial charge on any atom is -0.356 e. The average molecular weight is 427 g/mol. The standard InChI is InChI=1S/C21H35FN4O2S/c1-21(2,11-14-29(4,27)28)16-24-20(23-3)25-19-9-12-26(13-10-19)15-17-5-7-18(22)8-6-17/h5-8,19H,9-16H2,1-4H3,(H2,23,24,25). The van der Waals surface area contributed by atoms with E-state index in [0.29, 0.717) is 19.0 Å². The fourth-order valence-electron chi connectivity index (χ4n) is 3.34. The molecule has 0 aliphatic carbocycles. The lowest BCUT2D eigenvalue weighted by Gasteiger charge is -2.33. The van der Waals surface area contributed by atoms with Gasteiger partial charge in [0, 0.05) is 45.5 Å². The number of nitrogens with one attached hydrogen (secondary N) is 2. The fourth-order valence-corrected chi connectivity index (χ4v) is 4.27. The zero-order chi connectivity index (χ0) is 21.5. The van der Waals surface area contributed by atoms with Gasteiger partial charge in [0.2, 0.25) is 0 Å². The molecule has 8 heteroatoms. The lowest BCUT2D eigenvalue weighted by atomic mass is 9.90. The molecule has 1 fully saturated rings. The van der Waals surface area contributed by atoms with Crippen molar-refractivity contribution in [1.82, 2.24) is 15.5 Å². The Morgan fingerprint density at radius 2 is 1.86 bits per heavy atom. The number of hydrogen-bond acceptors (Lipinski definition) is 4. The summed E-state index contributed by atoms with van der Waals surface area (Å²) in [6, 6.07) is 7.06. The Hall–Kier alpha value is -1.67. The van der Waals surface area contributed by atoms with Crippen molar-refractivity contribution >= 4 is 15.8 Å². The number of guanidine groups is 1. The van der Waals surface area contributed by atoms with E-state index in [-0.39, 0.29) is 17.0 Å². The Bertz CT molecular complexity index is 770. The first-order valence-corrected chi connectivity index (χ1v) is 12.2. The van der Waals surface area contributed by atoms with Crippen LogP contribution in [0.15, 0.2) is 29.3 Å². The molecule has 0 radical (unpaired) electrons. The number of aliphatic imine (C=N–C) groups is 1. The number of nitrogens with zero attached hydrogens (tertiary/aromatic N) is 2. The maximum absolute atomic E-state index is 13.0. The second-order valence-corrected chi connectivity index (χ2v) is 11.1. The smallest absolute Gasteiger partial charge is 0.191 e. The summed E-state index contributed by atoms with van der Waals surface area (Å²) in [7, 11) is -1.20. The molecular formula is C21H35FN4O2S.